The summed E-state index contributed by atoms with van der Waals surface area (Å²) in [6.07, 6.45) is 0. The average Bonchev–Trinajstić information content (AvgIpc) is 1.61. The Morgan fingerprint density at radius 2 is 0.533 bits per heavy atom. The molecule has 6 aromatic heterocycles. The Balaban J connectivity index is 0.000000147. The van der Waals surface area contributed by atoms with E-state index >= 15 is 0 Å². The van der Waals surface area contributed by atoms with Crippen LogP contribution in [0.1, 0.15) is 0 Å². The minimum absolute atomic E-state index is 0. The fraction of sp³-hybridized carbons (Fsp3) is 0. The number of rotatable bonds is 2. The van der Waals surface area contributed by atoms with Crippen molar-refractivity contribution >= 4 is 109 Å². The number of aromatic nitrogens is 16. The van der Waals surface area contributed by atoms with Crippen molar-refractivity contribution in [2.45, 2.75) is 9.79 Å². The summed E-state index contributed by atoms with van der Waals surface area (Å²) < 4.78 is 74.4. The van der Waals surface area contributed by atoms with Gasteiger partial charge in [-0.05, 0) is 39.1 Å². The molecular formula is C64H31CuFeN16O6S2. The monoisotopic (exact) mass is 1300 g/mol. The number of benzene rings is 8. The molecule has 0 saturated heterocycles. The molecule has 14 aromatic rings. The zero-order valence-electron chi connectivity index (χ0n) is 45.4. The second kappa shape index (κ2) is 21.0. The van der Waals surface area contributed by atoms with E-state index in [0.717, 1.165) is 43.8 Å². The molecule has 4 aliphatic rings. The van der Waals surface area contributed by atoms with E-state index in [1.165, 1.54) is 24.3 Å². The first-order valence-electron chi connectivity index (χ1n) is 27.1. The summed E-state index contributed by atoms with van der Waals surface area (Å²) in [5, 5.41) is 4.11. The van der Waals surface area contributed by atoms with E-state index in [-0.39, 0.29) is 73.3 Å². The molecule has 0 atom stereocenters. The van der Waals surface area contributed by atoms with Gasteiger partial charge in [-0.15, -0.1) is 0 Å². The fourth-order valence-electron chi connectivity index (χ4n) is 11.5. The van der Waals surface area contributed by atoms with Crippen molar-refractivity contribution in [3.63, 3.8) is 0 Å². The molecule has 1 N–H and O–H groups in total. The molecule has 434 valence electrons. The smallest absolute Gasteiger partial charge is 0.744 e. The molecule has 2 radical (unpaired) electrons. The molecule has 0 amide bonds. The minimum atomic E-state index is -4.89. The molecule has 0 spiro atoms. The molecule has 90 heavy (non-hydrogen) atoms. The van der Waals surface area contributed by atoms with Gasteiger partial charge in [-0.3, -0.25) is 0 Å². The van der Waals surface area contributed by atoms with Crippen molar-refractivity contribution in [1.82, 2.24) is 79.7 Å². The van der Waals surface area contributed by atoms with Crippen LogP contribution in [0.3, 0.4) is 0 Å². The van der Waals surface area contributed by atoms with E-state index in [9.17, 15) is 25.9 Å². The van der Waals surface area contributed by atoms with Gasteiger partial charge in [0.25, 0.3) is 0 Å². The van der Waals surface area contributed by atoms with Crippen LogP contribution in [0.4, 0.5) is 0 Å². The molecular weight excluding hydrogens is 1270 g/mol. The molecule has 8 aromatic carbocycles. The number of aromatic amines is 1. The molecule has 18 rings (SSSR count). The Morgan fingerprint density at radius 1 is 0.278 bits per heavy atom. The van der Waals surface area contributed by atoms with Gasteiger partial charge in [0, 0.05) is 94.5 Å². The van der Waals surface area contributed by atoms with Crippen molar-refractivity contribution in [1.29, 1.82) is 0 Å². The van der Waals surface area contributed by atoms with E-state index in [4.69, 9.17) is 69.8 Å². The predicted molar refractivity (Wildman–Crippen MR) is 325 cm³/mol. The van der Waals surface area contributed by atoms with Gasteiger partial charge >= 0.3 is 34.1 Å². The van der Waals surface area contributed by atoms with Gasteiger partial charge in [-0.1, -0.05) is 170 Å². The summed E-state index contributed by atoms with van der Waals surface area (Å²) >= 11 is 0. The Bertz CT molecular complexity index is 5700. The zero-order chi connectivity index (χ0) is 59.2. The summed E-state index contributed by atoms with van der Waals surface area (Å²) in [5.41, 5.74) is 8.09. The normalized spacial score (nSPS) is 12.1. The molecule has 4 aliphatic heterocycles. The maximum absolute atomic E-state index is 12.4. The van der Waals surface area contributed by atoms with Crippen LogP contribution in [0, 0.1) is 0 Å². The van der Waals surface area contributed by atoms with Gasteiger partial charge in [0.15, 0.2) is 11.6 Å². The van der Waals surface area contributed by atoms with E-state index in [0.29, 0.717) is 96.4 Å². The van der Waals surface area contributed by atoms with E-state index in [1.807, 2.05) is 146 Å². The Kier molecular flexibility index (Phi) is 13.0. The van der Waals surface area contributed by atoms with Crippen molar-refractivity contribution in [2.75, 3.05) is 0 Å². The van der Waals surface area contributed by atoms with Crippen LogP contribution in [-0.2, 0) is 54.4 Å². The number of nitrogens with one attached hydrogen (secondary N) is 1. The minimum Gasteiger partial charge on any atom is -0.744 e. The summed E-state index contributed by atoms with van der Waals surface area (Å²) in [6.45, 7) is 0. The van der Waals surface area contributed by atoms with Gasteiger partial charge in [-0.25, -0.2) is 46.7 Å². The summed E-state index contributed by atoms with van der Waals surface area (Å²) in [5.74, 6) is 2.82. The van der Waals surface area contributed by atoms with Crippen LogP contribution in [0.5, 0.6) is 0 Å². The van der Waals surface area contributed by atoms with Crippen LogP contribution in [0.25, 0.3) is 179 Å². The number of fused-ring (bicyclic) bond motifs is 40. The Labute approximate surface area is 527 Å². The molecule has 22 nitrogen and oxygen atoms in total. The third kappa shape index (κ3) is 9.04. The van der Waals surface area contributed by atoms with Crippen molar-refractivity contribution in [2.24, 2.45) is 0 Å². The molecule has 16 bridgehead atoms. The van der Waals surface area contributed by atoms with Crippen LogP contribution < -0.4 is 15.0 Å². The third-order valence-corrected chi connectivity index (χ3v) is 17.2. The van der Waals surface area contributed by atoms with Crippen molar-refractivity contribution in [3.05, 3.63) is 182 Å². The molecule has 0 aliphatic carbocycles. The number of hydrogen-bond acceptors (Lipinski definition) is 18. The number of H-pyrrole nitrogens is 1. The molecule has 0 fully saturated rings. The Hall–Kier alpha value is -10.7. The van der Waals surface area contributed by atoms with Crippen LogP contribution in [0.2, 0.25) is 0 Å². The summed E-state index contributed by atoms with van der Waals surface area (Å²) in [6, 6.07) is 54.2. The van der Waals surface area contributed by atoms with Crippen LogP contribution >= 0.6 is 0 Å². The maximum Gasteiger partial charge on any atom is 3.00 e. The molecule has 10 heterocycles. The van der Waals surface area contributed by atoms with Gasteiger partial charge in [0.05, 0.1) is 44.7 Å². The first kappa shape index (κ1) is 55.9. The summed E-state index contributed by atoms with van der Waals surface area (Å²) in [4.78, 5) is 74.2. The van der Waals surface area contributed by atoms with E-state index in [1.54, 1.807) is 12.1 Å². The van der Waals surface area contributed by atoms with Crippen LogP contribution in [0.15, 0.2) is 192 Å². The predicted octanol–water partition coefficient (Wildman–Crippen LogP) is 10.4. The standard InChI is InChI=1S/C32H17N8O3S.C32H16N8O3S.Cu.Fe/c2*41-44(42,43)23-15-7-14-22-24(23)32-39-30-21-13-6-5-12-20(21)28(37-30)35-26-17-9-2-1-8-16(17)25(33-26)34-27-18-10-3-4-11-19(18)29(36-27)38-31(22)40-32;;/h1-15H,(H2-,33,34,35,36,37,38,39,40,41,42,43);1-15H,(H-2,33,34,35,36,37,38,39,40,41,42,43);;/q-1;-2;+2;+3/p-2. The van der Waals surface area contributed by atoms with Gasteiger partial charge in [-0.2, -0.15) is 0 Å². The first-order chi connectivity index (χ1) is 42.8. The van der Waals surface area contributed by atoms with Gasteiger partial charge < -0.3 is 58.9 Å². The SMILES string of the molecule is O=S(=O)([O-])c1cccc2c3nc4nc(nc5[n-]c(nc6nc(nc([n-]3)c12)-c1ccccc1-6)c1ccccc51)-c1ccccc1-4.O=S(=O)([O-])c1cccc2c3nc4nc(nc5[n-]c(nc6nc(nc([nH]3)c12)-c1ccccc1-6)c1ccccc51)-c1ccccc1-4.[Cu+2].[Fe+3]. The second-order valence-electron chi connectivity index (χ2n) is 20.6. The third-order valence-electron chi connectivity index (χ3n) is 15.4. The van der Waals surface area contributed by atoms with Gasteiger partial charge in [0.2, 0.25) is 0 Å². The first-order valence-corrected chi connectivity index (χ1v) is 29.9. The largest absolute Gasteiger partial charge is 3.00 e. The number of hydrogen-bond donors (Lipinski definition) is 1. The molecule has 0 saturated carbocycles. The zero-order valence-corrected chi connectivity index (χ0v) is 49.1. The molecule has 26 heteroatoms. The van der Waals surface area contributed by atoms with E-state index in [2.05, 4.69) is 9.97 Å². The van der Waals surface area contributed by atoms with E-state index < -0.39 is 30.0 Å². The fourth-order valence-corrected chi connectivity index (χ4v) is 12.9. The van der Waals surface area contributed by atoms with Gasteiger partial charge in [0.1, 0.15) is 31.5 Å². The average molecular weight is 1300 g/mol. The van der Waals surface area contributed by atoms with Crippen molar-refractivity contribution < 1.29 is 60.1 Å². The molecule has 0 unspecified atom stereocenters. The Morgan fingerprint density at radius 3 is 0.878 bits per heavy atom. The van der Waals surface area contributed by atoms with Crippen LogP contribution in [-0.4, -0.2) is 90.7 Å². The van der Waals surface area contributed by atoms with Crippen molar-refractivity contribution in [3.8, 4) is 91.1 Å². The summed E-state index contributed by atoms with van der Waals surface area (Å²) in [7, 11) is -9.76. The second-order valence-corrected chi connectivity index (χ2v) is 23.3. The quantitative estimate of drug-likeness (QED) is 0.124. The maximum atomic E-state index is 12.4. The topological polar surface area (TPSA) is 327 Å². The number of nitrogens with zero attached hydrogens (tertiary/aromatic N) is 15.